The van der Waals surface area contributed by atoms with Crippen molar-refractivity contribution in [3.63, 3.8) is 0 Å². The molecule has 6 heteroatoms. The van der Waals surface area contributed by atoms with Crippen molar-refractivity contribution in [1.82, 2.24) is 0 Å². The maximum atomic E-state index is 13.6. The van der Waals surface area contributed by atoms with Crippen molar-refractivity contribution in [2.45, 2.75) is 6.42 Å². The van der Waals surface area contributed by atoms with Crippen molar-refractivity contribution < 1.29 is 13.9 Å². The Hall–Kier alpha value is -1.33. The Morgan fingerprint density at radius 1 is 1.44 bits per heavy atom. The second-order valence-electron chi connectivity index (χ2n) is 3.52. The summed E-state index contributed by atoms with van der Waals surface area (Å²) in [5.74, 6) is 0.0345. The van der Waals surface area contributed by atoms with E-state index in [9.17, 15) is 4.39 Å². The van der Waals surface area contributed by atoms with E-state index < -0.39 is 5.82 Å². The second kappa shape index (κ2) is 7.89. The van der Waals surface area contributed by atoms with Gasteiger partial charge >= 0.3 is 0 Å². The van der Waals surface area contributed by atoms with Crippen LogP contribution < -0.4 is 10.5 Å². The lowest BCUT2D eigenvalue weighted by Gasteiger charge is -2.09. The zero-order valence-electron chi connectivity index (χ0n) is 10.2. The molecule has 0 heterocycles. The van der Waals surface area contributed by atoms with Crippen molar-refractivity contribution in [1.29, 1.82) is 0 Å². The van der Waals surface area contributed by atoms with Gasteiger partial charge in [0.2, 0.25) is 0 Å². The van der Waals surface area contributed by atoms with Gasteiger partial charge < -0.3 is 15.2 Å². The van der Waals surface area contributed by atoms with Gasteiger partial charge in [0, 0.05) is 20.1 Å². The summed E-state index contributed by atoms with van der Waals surface area (Å²) in [4.78, 5) is 3.91. The van der Waals surface area contributed by atoms with Gasteiger partial charge in [0.1, 0.15) is 17.3 Å². The molecule has 1 rings (SSSR count). The van der Waals surface area contributed by atoms with Crippen LogP contribution in [0.1, 0.15) is 6.42 Å². The first-order valence-corrected chi connectivity index (χ1v) is 6.01. The quantitative estimate of drug-likeness (QED) is 0.360. The first-order valence-electron chi connectivity index (χ1n) is 5.48. The van der Waals surface area contributed by atoms with Gasteiger partial charge in [-0.15, -0.1) is 11.6 Å². The van der Waals surface area contributed by atoms with Crippen molar-refractivity contribution in [3.8, 4) is 5.75 Å². The third-order valence-electron chi connectivity index (χ3n) is 2.09. The van der Waals surface area contributed by atoms with Crippen LogP contribution in [0.25, 0.3) is 0 Å². The molecule has 1 aromatic carbocycles. The zero-order valence-corrected chi connectivity index (χ0v) is 10.9. The summed E-state index contributed by atoms with van der Waals surface area (Å²) >= 11 is 5.52. The molecule has 0 aliphatic carbocycles. The number of alkyl halides is 1. The van der Waals surface area contributed by atoms with Crippen molar-refractivity contribution in [2.24, 2.45) is 10.7 Å². The summed E-state index contributed by atoms with van der Waals surface area (Å²) in [6, 6.07) is 4.48. The van der Waals surface area contributed by atoms with E-state index in [-0.39, 0.29) is 17.4 Å². The van der Waals surface area contributed by atoms with Crippen LogP contribution in [0, 0.1) is 5.82 Å². The summed E-state index contributed by atoms with van der Waals surface area (Å²) in [5.41, 5.74) is 5.57. The summed E-state index contributed by atoms with van der Waals surface area (Å²) < 4.78 is 23.9. The molecule has 4 nitrogen and oxygen atoms in total. The normalized spacial score (nSPS) is 11.6. The number of amidine groups is 1. The Bertz CT molecular complexity index is 413. The molecule has 2 N–H and O–H groups in total. The molecule has 0 spiro atoms. The first-order chi connectivity index (χ1) is 8.69. The van der Waals surface area contributed by atoms with Crippen LogP contribution in [-0.4, -0.2) is 32.0 Å². The van der Waals surface area contributed by atoms with Crippen LogP contribution in [0.15, 0.2) is 23.2 Å². The monoisotopic (exact) mass is 274 g/mol. The highest BCUT2D eigenvalue weighted by Gasteiger charge is 2.09. The van der Waals surface area contributed by atoms with E-state index in [1.807, 2.05) is 0 Å². The number of benzene rings is 1. The van der Waals surface area contributed by atoms with Gasteiger partial charge in [-0.2, -0.15) is 0 Å². The molecule has 0 aromatic heterocycles. The lowest BCUT2D eigenvalue weighted by atomic mass is 10.3. The Morgan fingerprint density at radius 2 is 2.22 bits per heavy atom. The van der Waals surface area contributed by atoms with Crippen LogP contribution in [0.5, 0.6) is 5.75 Å². The molecule has 0 saturated carbocycles. The molecule has 0 unspecified atom stereocenters. The third kappa shape index (κ3) is 4.50. The summed E-state index contributed by atoms with van der Waals surface area (Å²) in [7, 11) is 1.61. The molecule has 0 fully saturated rings. The van der Waals surface area contributed by atoms with E-state index >= 15 is 0 Å². The highest BCUT2D eigenvalue weighted by atomic mass is 35.5. The smallest absolute Gasteiger partial charge is 0.152 e. The zero-order chi connectivity index (χ0) is 13.4. The maximum Gasteiger partial charge on any atom is 0.152 e. The molecule has 0 aliphatic rings. The van der Waals surface area contributed by atoms with E-state index in [4.69, 9.17) is 26.8 Å². The minimum atomic E-state index is -0.493. The highest BCUT2D eigenvalue weighted by molar-refractivity contribution is 6.28. The highest BCUT2D eigenvalue weighted by Crippen LogP contribution is 2.30. The number of aliphatic imine (C=N–C) groups is 1. The van der Waals surface area contributed by atoms with Gasteiger partial charge in [-0.1, -0.05) is 6.07 Å². The van der Waals surface area contributed by atoms with E-state index in [1.54, 1.807) is 19.2 Å². The standard InChI is InChI=1S/C12H16ClFN2O2/c1-17-6-3-7-18-10-5-2-4-9(14)12(10)16-11(15)8-13/h2,4-5H,3,6-8H2,1H3,(H2,15,16). The molecule has 18 heavy (non-hydrogen) atoms. The number of hydrogen-bond donors (Lipinski definition) is 1. The minimum Gasteiger partial charge on any atom is -0.491 e. The Kier molecular flexibility index (Phi) is 6.46. The van der Waals surface area contributed by atoms with E-state index in [0.29, 0.717) is 25.4 Å². The van der Waals surface area contributed by atoms with Crippen LogP contribution in [0.4, 0.5) is 10.1 Å². The number of rotatable bonds is 7. The molecule has 100 valence electrons. The number of hydrogen-bond acceptors (Lipinski definition) is 3. The number of methoxy groups -OCH3 is 1. The lowest BCUT2D eigenvalue weighted by molar-refractivity contribution is 0.172. The van der Waals surface area contributed by atoms with Gasteiger partial charge in [0.15, 0.2) is 5.82 Å². The summed E-state index contributed by atoms with van der Waals surface area (Å²) in [6.07, 6.45) is 0.709. The fraction of sp³-hybridized carbons (Fsp3) is 0.417. The number of nitrogens with two attached hydrogens (primary N) is 1. The van der Waals surface area contributed by atoms with Gasteiger partial charge in [-0.25, -0.2) is 9.38 Å². The van der Waals surface area contributed by atoms with Crippen LogP contribution in [0.2, 0.25) is 0 Å². The molecule has 0 bridgehead atoms. The van der Waals surface area contributed by atoms with Gasteiger partial charge in [0.25, 0.3) is 0 Å². The van der Waals surface area contributed by atoms with E-state index in [2.05, 4.69) is 4.99 Å². The second-order valence-corrected chi connectivity index (χ2v) is 3.79. The maximum absolute atomic E-state index is 13.6. The molecular weight excluding hydrogens is 259 g/mol. The number of nitrogens with zero attached hydrogens (tertiary/aromatic N) is 1. The third-order valence-corrected chi connectivity index (χ3v) is 2.37. The molecule has 1 aromatic rings. The van der Waals surface area contributed by atoms with Gasteiger partial charge in [0.05, 0.1) is 12.5 Å². The van der Waals surface area contributed by atoms with E-state index in [1.165, 1.54) is 6.07 Å². The number of para-hydroxylation sites is 1. The Labute approximate surface area is 111 Å². The number of halogens is 2. The molecule has 0 saturated heterocycles. The average molecular weight is 275 g/mol. The van der Waals surface area contributed by atoms with Crippen LogP contribution >= 0.6 is 11.6 Å². The summed E-state index contributed by atoms with van der Waals surface area (Å²) in [5, 5.41) is 0. The first kappa shape index (κ1) is 14.7. The number of ether oxygens (including phenoxy) is 2. The lowest BCUT2D eigenvalue weighted by Crippen LogP contribution is -2.12. The average Bonchev–Trinajstić information content (AvgIpc) is 2.38. The Morgan fingerprint density at radius 3 is 2.89 bits per heavy atom. The van der Waals surface area contributed by atoms with Gasteiger partial charge in [-0.05, 0) is 12.1 Å². The molecule has 0 amide bonds. The van der Waals surface area contributed by atoms with Crippen LogP contribution in [0.3, 0.4) is 0 Å². The molecule has 0 atom stereocenters. The largest absolute Gasteiger partial charge is 0.491 e. The van der Waals surface area contributed by atoms with Gasteiger partial charge in [-0.3, -0.25) is 0 Å². The predicted molar refractivity (Wildman–Crippen MR) is 70.4 cm³/mol. The topological polar surface area (TPSA) is 56.8 Å². The molecule has 0 radical (unpaired) electrons. The minimum absolute atomic E-state index is 0.0391. The summed E-state index contributed by atoms with van der Waals surface area (Å²) in [6.45, 7) is 0.998. The van der Waals surface area contributed by atoms with Crippen molar-refractivity contribution >= 4 is 23.1 Å². The predicted octanol–water partition coefficient (Wildman–Crippen LogP) is 2.47. The fourth-order valence-electron chi connectivity index (χ4n) is 1.28. The Balaban J connectivity index is 2.80. The molecular formula is C12H16ClFN2O2. The SMILES string of the molecule is COCCCOc1cccc(F)c1N=C(N)CCl. The van der Waals surface area contributed by atoms with E-state index in [0.717, 1.165) is 0 Å². The fourth-order valence-corrected chi connectivity index (χ4v) is 1.34. The van der Waals surface area contributed by atoms with Crippen molar-refractivity contribution in [3.05, 3.63) is 24.0 Å². The van der Waals surface area contributed by atoms with Crippen molar-refractivity contribution in [2.75, 3.05) is 26.2 Å². The van der Waals surface area contributed by atoms with Crippen LogP contribution in [-0.2, 0) is 4.74 Å². The molecule has 0 aliphatic heterocycles.